The Hall–Kier alpha value is -1.70. The third-order valence-corrected chi connectivity index (χ3v) is 2.26. The topological polar surface area (TPSA) is 30.0 Å². The Bertz CT molecular complexity index is 517. The van der Waals surface area contributed by atoms with Gasteiger partial charge in [-0.05, 0) is 43.2 Å². The van der Waals surface area contributed by atoms with Gasteiger partial charge in [-0.2, -0.15) is 0 Å². The van der Waals surface area contributed by atoms with Crippen LogP contribution in [-0.2, 0) is 11.2 Å². The highest BCUT2D eigenvalue weighted by molar-refractivity contribution is 5.83. The molecular weight excluding hydrogens is 186 g/mol. The summed E-state index contributed by atoms with van der Waals surface area (Å²) in [6, 6.07) is 7.86. The average molecular weight is 198 g/mol. The fourth-order valence-electron chi connectivity index (χ4n) is 1.62. The van der Waals surface area contributed by atoms with Gasteiger partial charge in [0.1, 0.15) is 5.78 Å². The fraction of sp³-hybridized carbons (Fsp3) is 0.154. The quantitative estimate of drug-likeness (QED) is 0.742. The van der Waals surface area contributed by atoms with Gasteiger partial charge in [0.2, 0.25) is 0 Å². The monoisotopic (exact) mass is 198 g/mol. The molecule has 1 aromatic carbocycles. The van der Waals surface area contributed by atoms with Crippen molar-refractivity contribution in [3.8, 4) is 0 Å². The molecule has 0 bridgehead atoms. The molecule has 0 aliphatic heterocycles. The predicted octanol–water partition coefficient (Wildman–Crippen LogP) is 2.55. The molecular formula is C13H12NO. The number of hydrogen-bond donors (Lipinski definition) is 0. The van der Waals surface area contributed by atoms with Gasteiger partial charge < -0.3 is 0 Å². The molecule has 15 heavy (non-hydrogen) atoms. The largest absolute Gasteiger partial charge is 0.300 e. The summed E-state index contributed by atoms with van der Waals surface area (Å²) in [5.41, 5.74) is 2.86. The third kappa shape index (κ3) is 2.21. The van der Waals surface area contributed by atoms with Gasteiger partial charge in [-0.1, -0.05) is 6.07 Å². The zero-order valence-corrected chi connectivity index (χ0v) is 8.66. The number of carbonyl (C=O) groups is 1. The Morgan fingerprint density at radius 2 is 2.20 bits per heavy atom. The van der Waals surface area contributed by atoms with Crippen LogP contribution in [0.25, 0.3) is 10.9 Å². The highest BCUT2D eigenvalue weighted by atomic mass is 16.1. The van der Waals surface area contributed by atoms with Gasteiger partial charge in [0.05, 0.1) is 5.52 Å². The lowest BCUT2D eigenvalue weighted by molar-refractivity contribution is -0.116. The lowest BCUT2D eigenvalue weighted by Gasteiger charge is -2.02. The molecule has 1 radical (unpaired) electrons. The molecule has 0 saturated carbocycles. The molecule has 1 heterocycles. The van der Waals surface area contributed by atoms with E-state index in [9.17, 15) is 4.79 Å². The molecule has 1 aromatic heterocycles. The minimum Gasteiger partial charge on any atom is -0.300 e. The molecule has 0 aliphatic carbocycles. The Morgan fingerprint density at radius 3 is 2.93 bits per heavy atom. The van der Waals surface area contributed by atoms with Crippen LogP contribution in [0.4, 0.5) is 0 Å². The van der Waals surface area contributed by atoms with Gasteiger partial charge in [0.15, 0.2) is 0 Å². The second kappa shape index (κ2) is 3.81. The van der Waals surface area contributed by atoms with Crippen LogP contribution in [-0.4, -0.2) is 10.8 Å². The molecule has 0 amide bonds. The third-order valence-electron chi connectivity index (χ3n) is 2.26. The number of pyridine rings is 1. The van der Waals surface area contributed by atoms with Gasteiger partial charge in [0, 0.05) is 18.0 Å². The first-order valence-corrected chi connectivity index (χ1v) is 4.85. The van der Waals surface area contributed by atoms with Crippen molar-refractivity contribution in [3.05, 3.63) is 48.5 Å². The summed E-state index contributed by atoms with van der Waals surface area (Å²) in [6.07, 6.45) is 2.23. The van der Waals surface area contributed by atoms with Crippen molar-refractivity contribution in [1.82, 2.24) is 4.98 Å². The molecule has 0 saturated heterocycles. The summed E-state index contributed by atoms with van der Waals surface area (Å²) >= 11 is 0. The summed E-state index contributed by atoms with van der Waals surface area (Å²) in [5, 5.41) is 1.04. The van der Waals surface area contributed by atoms with E-state index in [1.807, 2.05) is 24.3 Å². The molecule has 75 valence electrons. The maximum atomic E-state index is 11.0. The highest BCUT2D eigenvalue weighted by Crippen LogP contribution is 2.15. The van der Waals surface area contributed by atoms with Crippen molar-refractivity contribution < 1.29 is 4.79 Å². The SMILES string of the molecule is [CH2]c1cnc2ccc(CC(C)=O)cc2c1. The van der Waals surface area contributed by atoms with E-state index in [2.05, 4.69) is 11.9 Å². The second-order valence-electron chi connectivity index (χ2n) is 3.75. The second-order valence-corrected chi connectivity index (χ2v) is 3.75. The summed E-state index contributed by atoms with van der Waals surface area (Å²) < 4.78 is 0. The van der Waals surface area contributed by atoms with E-state index >= 15 is 0 Å². The number of Topliss-reactive ketones (excluding diaryl/α,β-unsaturated/α-hetero) is 1. The first kappa shape index (κ1) is 9.84. The summed E-state index contributed by atoms with van der Waals surface area (Å²) in [4.78, 5) is 15.2. The standard InChI is InChI=1S/C13H12NO/c1-9-5-12-7-11(6-10(2)15)3-4-13(12)14-8-9/h3-5,7-8H,1,6H2,2H3. The van der Waals surface area contributed by atoms with Gasteiger partial charge >= 0.3 is 0 Å². The van der Waals surface area contributed by atoms with E-state index in [-0.39, 0.29) is 5.78 Å². The van der Waals surface area contributed by atoms with Crippen molar-refractivity contribution in [1.29, 1.82) is 0 Å². The lowest BCUT2D eigenvalue weighted by Crippen LogP contribution is -1.96. The Kier molecular flexibility index (Phi) is 2.50. The van der Waals surface area contributed by atoms with Crippen molar-refractivity contribution in [2.24, 2.45) is 0 Å². The van der Waals surface area contributed by atoms with Crippen LogP contribution in [0, 0.1) is 6.92 Å². The minimum absolute atomic E-state index is 0.174. The summed E-state index contributed by atoms with van der Waals surface area (Å²) in [6.45, 7) is 5.43. The van der Waals surface area contributed by atoms with E-state index in [0.717, 1.165) is 22.0 Å². The number of nitrogens with zero attached hydrogens (tertiary/aromatic N) is 1. The highest BCUT2D eigenvalue weighted by Gasteiger charge is 2.00. The molecule has 0 fully saturated rings. The zero-order valence-electron chi connectivity index (χ0n) is 8.66. The molecule has 0 atom stereocenters. The molecule has 0 aliphatic rings. The maximum absolute atomic E-state index is 11.0. The van der Waals surface area contributed by atoms with E-state index in [1.54, 1.807) is 13.1 Å². The first-order chi connectivity index (χ1) is 7.15. The van der Waals surface area contributed by atoms with E-state index in [0.29, 0.717) is 6.42 Å². The van der Waals surface area contributed by atoms with Gasteiger partial charge in [-0.15, -0.1) is 0 Å². The summed E-state index contributed by atoms with van der Waals surface area (Å²) in [5.74, 6) is 0.174. The van der Waals surface area contributed by atoms with E-state index in [1.165, 1.54) is 0 Å². The zero-order chi connectivity index (χ0) is 10.8. The molecule has 2 heteroatoms. The molecule has 0 N–H and O–H groups in total. The number of rotatable bonds is 2. The molecule has 2 aromatic rings. The van der Waals surface area contributed by atoms with E-state index in [4.69, 9.17) is 0 Å². The van der Waals surface area contributed by atoms with Crippen LogP contribution >= 0.6 is 0 Å². The van der Waals surface area contributed by atoms with Crippen LogP contribution in [0.2, 0.25) is 0 Å². The Morgan fingerprint density at radius 1 is 1.40 bits per heavy atom. The summed E-state index contributed by atoms with van der Waals surface area (Å²) in [7, 11) is 0. The number of carbonyl (C=O) groups excluding carboxylic acids is 1. The normalized spacial score (nSPS) is 10.5. The van der Waals surface area contributed by atoms with E-state index < -0.39 is 0 Å². The predicted molar refractivity (Wildman–Crippen MR) is 60.6 cm³/mol. The van der Waals surface area contributed by atoms with Crippen LogP contribution in [0.15, 0.2) is 30.5 Å². The van der Waals surface area contributed by atoms with Crippen LogP contribution < -0.4 is 0 Å². The number of aromatic nitrogens is 1. The molecule has 0 spiro atoms. The fourth-order valence-corrected chi connectivity index (χ4v) is 1.62. The van der Waals surface area contributed by atoms with Gasteiger partial charge in [0.25, 0.3) is 0 Å². The van der Waals surface area contributed by atoms with Crippen LogP contribution in [0.1, 0.15) is 18.1 Å². The lowest BCUT2D eigenvalue weighted by atomic mass is 10.1. The van der Waals surface area contributed by atoms with Crippen molar-refractivity contribution in [2.75, 3.05) is 0 Å². The van der Waals surface area contributed by atoms with Crippen molar-refractivity contribution in [2.45, 2.75) is 13.3 Å². The number of fused-ring (bicyclic) bond motifs is 1. The number of ketones is 1. The number of benzene rings is 1. The van der Waals surface area contributed by atoms with Gasteiger partial charge in [-0.3, -0.25) is 9.78 Å². The van der Waals surface area contributed by atoms with Crippen molar-refractivity contribution in [3.63, 3.8) is 0 Å². The maximum Gasteiger partial charge on any atom is 0.134 e. The average Bonchev–Trinajstić information content (AvgIpc) is 2.16. The van der Waals surface area contributed by atoms with Crippen molar-refractivity contribution >= 4 is 16.7 Å². The smallest absolute Gasteiger partial charge is 0.134 e. The van der Waals surface area contributed by atoms with Gasteiger partial charge in [-0.25, -0.2) is 0 Å². The molecule has 2 nitrogen and oxygen atoms in total. The molecule has 2 rings (SSSR count). The molecule has 0 unspecified atom stereocenters. The Balaban J connectivity index is 2.49. The minimum atomic E-state index is 0.174. The van der Waals surface area contributed by atoms with Crippen LogP contribution in [0.3, 0.4) is 0 Å². The number of hydrogen-bond acceptors (Lipinski definition) is 2. The Labute approximate surface area is 89.0 Å². The van der Waals surface area contributed by atoms with Crippen LogP contribution in [0.5, 0.6) is 0 Å². The first-order valence-electron chi connectivity index (χ1n) is 4.85.